The normalized spacial score (nSPS) is 12.1. The molecule has 0 atom stereocenters. The van der Waals surface area contributed by atoms with Gasteiger partial charge >= 0.3 is 0 Å². The highest BCUT2D eigenvalue weighted by Gasteiger charge is 2.11. The van der Waals surface area contributed by atoms with Gasteiger partial charge in [-0.05, 0) is 30.7 Å². The number of hydrogen-bond donors (Lipinski definition) is 1. The molecule has 0 saturated heterocycles. The van der Waals surface area contributed by atoms with Crippen LogP contribution in [0.4, 0.5) is 11.4 Å². The molecule has 3 aromatic rings. The van der Waals surface area contributed by atoms with Crippen molar-refractivity contribution in [2.75, 3.05) is 0 Å². The summed E-state index contributed by atoms with van der Waals surface area (Å²) in [7, 11) is 0. The Balaban J connectivity index is 2.00. The van der Waals surface area contributed by atoms with Crippen molar-refractivity contribution in [3.63, 3.8) is 0 Å². The third-order valence-electron chi connectivity index (χ3n) is 3.71. The Kier molecular flexibility index (Phi) is 5.80. The zero-order chi connectivity index (χ0) is 17.5. The topological polar surface area (TPSA) is 49.9 Å². The lowest BCUT2D eigenvalue weighted by molar-refractivity contribution is 0.407. The summed E-state index contributed by atoms with van der Waals surface area (Å²) in [5.74, 6) is 0.229. The van der Waals surface area contributed by atoms with E-state index in [0.29, 0.717) is 0 Å². The summed E-state index contributed by atoms with van der Waals surface area (Å²) in [6.45, 7) is 2.87. The zero-order valence-electron chi connectivity index (χ0n) is 14.2. The third kappa shape index (κ3) is 4.45. The summed E-state index contributed by atoms with van der Waals surface area (Å²) >= 11 is 1.45. The molecule has 128 valence electrons. The molecule has 0 spiro atoms. The SMILES string of the molecule is CCCCn1c(O)c(C=Nc2ccccc2)sc1=Nc1ccccc1. The molecule has 0 aliphatic carbocycles. The molecule has 0 aliphatic rings. The van der Waals surface area contributed by atoms with Crippen LogP contribution < -0.4 is 4.80 Å². The average molecular weight is 351 g/mol. The lowest BCUT2D eigenvalue weighted by Crippen LogP contribution is -2.14. The number of aromatic nitrogens is 1. The van der Waals surface area contributed by atoms with Gasteiger partial charge in [0, 0.05) is 6.54 Å². The zero-order valence-corrected chi connectivity index (χ0v) is 15.0. The van der Waals surface area contributed by atoms with E-state index in [0.717, 1.165) is 40.4 Å². The molecule has 0 bridgehead atoms. The minimum Gasteiger partial charge on any atom is -0.493 e. The maximum Gasteiger partial charge on any atom is 0.212 e. The van der Waals surface area contributed by atoms with Gasteiger partial charge in [0.2, 0.25) is 5.88 Å². The van der Waals surface area contributed by atoms with Gasteiger partial charge in [0.1, 0.15) is 4.88 Å². The van der Waals surface area contributed by atoms with E-state index in [1.54, 1.807) is 6.21 Å². The predicted octanol–water partition coefficient (Wildman–Crippen LogP) is 5.04. The quantitative estimate of drug-likeness (QED) is 0.622. The Morgan fingerprint density at radius 1 is 1.00 bits per heavy atom. The van der Waals surface area contributed by atoms with Crippen LogP contribution in [-0.2, 0) is 6.54 Å². The summed E-state index contributed by atoms with van der Waals surface area (Å²) in [5.41, 5.74) is 1.73. The smallest absolute Gasteiger partial charge is 0.212 e. The Labute approximate surface area is 151 Å². The van der Waals surface area contributed by atoms with Crippen molar-refractivity contribution in [1.82, 2.24) is 4.57 Å². The summed E-state index contributed by atoms with van der Waals surface area (Å²) in [4.78, 5) is 10.6. The molecule has 0 saturated carbocycles. The van der Waals surface area contributed by atoms with Gasteiger partial charge in [-0.3, -0.25) is 9.56 Å². The molecule has 1 N–H and O–H groups in total. The fourth-order valence-corrected chi connectivity index (χ4v) is 3.31. The van der Waals surface area contributed by atoms with Crippen LogP contribution in [0.1, 0.15) is 24.6 Å². The first-order valence-electron chi connectivity index (χ1n) is 8.39. The molecule has 2 aromatic carbocycles. The molecule has 0 aliphatic heterocycles. The number of para-hydroxylation sites is 2. The number of unbranched alkanes of at least 4 members (excludes halogenated alkanes) is 1. The molecule has 0 unspecified atom stereocenters. The van der Waals surface area contributed by atoms with Crippen molar-refractivity contribution in [1.29, 1.82) is 0 Å². The monoisotopic (exact) mass is 351 g/mol. The van der Waals surface area contributed by atoms with Crippen molar-refractivity contribution in [3.05, 3.63) is 70.3 Å². The minimum absolute atomic E-state index is 0.229. The van der Waals surface area contributed by atoms with Gasteiger partial charge in [-0.15, -0.1) is 0 Å². The first-order chi connectivity index (χ1) is 12.3. The Morgan fingerprint density at radius 2 is 1.64 bits per heavy atom. The number of thiazole rings is 1. The summed E-state index contributed by atoms with van der Waals surface area (Å²) in [6.07, 6.45) is 3.75. The lowest BCUT2D eigenvalue weighted by Gasteiger charge is -2.03. The number of aromatic hydroxyl groups is 1. The Bertz CT molecular complexity index is 896. The van der Waals surface area contributed by atoms with E-state index in [-0.39, 0.29) is 5.88 Å². The fraction of sp³-hybridized carbons (Fsp3) is 0.200. The van der Waals surface area contributed by atoms with E-state index in [2.05, 4.69) is 11.9 Å². The number of benzene rings is 2. The molecule has 0 amide bonds. The van der Waals surface area contributed by atoms with E-state index in [9.17, 15) is 5.11 Å². The largest absolute Gasteiger partial charge is 0.493 e. The first-order valence-corrected chi connectivity index (χ1v) is 9.21. The molecule has 5 heteroatoms. The van der Waals surface area contributed by atoms with Crippen LogP contribution in [0.2, 0.25) is 0 Å². The molecule has 3 rings (SSSR count). The van der Waals surface area contributed by atoms with Crippen LogP contribution >= 0.6 is 11.3 Å². The minimum atomic E-state index is 0.229. The molecular weight excluding hydrogens is 330 g/mol. The van der Waals surface area contributed by atoms with Crippen LogP contribution in [0.15, 0.2) is 70.6 Å². The van der Waals surface area contributed by atoms with E-state index < -0.39 is 0 Å². The first kappa shape index (κ1) is 17.2. The van der Waals surface area contributed by atoms with Gasteiger partial charge in [0.15, 0.2) is 4.80 Å². The highest BCUT2D eigenvalue weighted by Crippen LogP contribution is 2.21. The number of nitrogens with zero attached hydrogens (tertiary/aromatic N) is 3. The highest BCUT2D eigenvalue weighted by atomic mass is 32.1. The second-order valence-electron chi connectivity index (χ2n) is 5.62. The van der Waals surface area contributed by atoms with Gasteiger partial charge < -0.3 is 5.11 Å². The maximum absolute atomic E-state index is 10.6. The molecule has 1 aromatic heterocycles. The predicted molar refractivity (Wildman–Crippen MR) is 104 cm³/mol. The van der Waals surface area contributed by atoms with Crippen molar-refractivity contribution in [2.45, 2.75) is 26.3 Å². The van der Waals surface area contributed by atoms with Crippen LogP contribution in [-0.4, -0.2) is 15.9 Å². The molecule has 1 heterocycles. The van der Waals surface area contributed by atoms with Gasteiger partial charge in [0.25, 0.3) is 0 Å². The number of rotatable bonds is 6. The van der Waals surface area contributed by atoms with E-state index in [4.69, 9.17) is 4.99 Å². The lowest BCUT2D eigenvalue weighted by atomic mass is 10.3. The second-order valence-corrected chi connectivity index (χ2v) is 6.63. The number of aliphatic imine (C=N–C) groups is 1. The van der Waals surface area contributed by atoms with Crippen molar-refractivity contribution < 1.29 is 5.11 Å². The molecular formula is C20H21N3OS. The summed E-state index contributed by atoms with van der Waals surface area (Å²) in [5, 5.41) is 10.6. The van der Waals surface area contributed by atoms with Gasteiger partial charge in [0.05, 0.1) is 17.6 Å². The Morgan fingerprint density at radius 3 is 2.28 bits per heavy atom. The van der Waals surface area contributed by atoms with E-state index in [1.165, 1.54) is 11.3 Å². The van der Waals surface area contributed by atoms with Crippen LogP contribution in [0, 0.1) is 0 Å². The summed E-state index contributed by atoms with van der Waals surface area (Å²) < 4.78 is 1.87. The molecule has 4 nitrogen and oxygen atoms in total. The maximum atomic E-state index is 10.6. The second kappa shape index (κ2) is 8.44. The Hall–Kier alpha value is -2.66. The van der Waals surface area contributed by atoms with E-state index >= 15 is 0 Å². The van der Waals surface area contributed by atoms with Gasteiger partial charge in [-0.25, -0.2) is 4.99 Å². The fourth-order valence-electron chi connectivity index (χ4n) is 2.37. The van der Waals surface area contributed by atoms with E-state index in [1.807, 2.05) is 65.2 Å². The summed E-state index contributed by atoms with van der Waals surface area (Å²) in [6, 6.07) is 19.5. The molecule has 0 fully saturated rings. The van der Waals surface area contributed by atoms with Gasteiger partial charge in [-0.2, -0.15) is 0 Å². The van der Waals surface area contributed by atoms with Crippen LogP contribution in [0.5, 0.6) is 5.88 Å². The molecule has 25 heavy (non-hydrogen) atoms. The highest BCUT2D eigenvalue weighted by molar-refractivity contribution is 7.11. The molecule has 0 radical (unpaired) electrons. The standard InChI is InChI=1S/C20H21N3OS/c1-2-3-14-23-19(24)18(15-21-16-10-6-4-7-11-16)25-20(23)22-17-12-8-5-9-13-17/h4-13,15,24H,2-3,14H2,1H3. The van der Waals surface area contributed by atoms with Crippen molar-refractivity contribution in [3.8, 4) is 5.88 Å². The van der Waals surface area contributed by atoms with Crippen LogP contribution in [0.3, 0.4) is 0 Å². The van der Waals surface area contributed by atoms with Crippen molar-refractivity contribution in [2.24, 2.45) is 9.98 Å². The third-order valence-corrected chi connectivity index (χ3v) is 4.71. The van der Waals surface area contributed by atoms with Gasteiger partial charge in [-0.1, -0.05) is 61.1 Å². The number of hydrogen-bond acceptors (Lipinski definition) is 4. The average Bonchev–Trinajstić information content (AvgIpc) is 2.95. The van der Waals surface area contributed by atoms with Crippen LogP contribution in [0.25, 0.3) is 0 Å². The van der Waals surface area contributed by atoms with Crippen molar-refractivity contribution >= 4 is 28.9 Å².